The number of oxime groups is 1. The van der Waals surface area contributed by atoms with Crippen LogP contribution in [0.15, 0.2) is 29.4 Å². The molecule has 0 saturated heterocycles. The summed E-state index contributed by atoms with van der Waals surface area (Å²) >= 11 is 6.48. The zero-order valence-electron chi connectivity index (χ0n) is 16.0. The van der Waals surface area contributed by atoms with E-state index in [0.717, 1.165) is 5.69 Å². The first-order chi connectivity index (χ1) is 12.8. The number of ether oxygens (including phenoxy) is 1. The second-order valence-corrected chi connectivity index (χ2v) is 7.94. The Morgan fingerprint density at radius 3 is 2.63 bits per heavy atom. The molecule has 27 heavy (non-hydrogen) atoms. The Kier molecular flexibility index (Phi) is 5.24. The van der Waals surface area contributed by atoms with E-state index < -0.39 is 5.97 Å². The van der Waals surface area contributed by atoms with E-state index >= 15 is 0 Å². The molecule has 2 aromatic rings. The molecule has 1 heterocycles. The SMILES string of the molecule is CCOC(=O)c1c(C)nc2c(c1-c1ccccc1Cl)/C(=N\O)CC(C)(C)C2. The van der Waals surface area contributed by atoms with E-state index in [-0.39, 0.29) is 12.0 Å². The number of hydrogen-bond donors (Lipinski definition) is 1. The van der Waals surface area contributed by atoms with Gasteiger partial charge >= 0.3 is 5.97 Å². The van der Waals surface area contributed by atoms with Crippen LogP contribution in [0.4, 0.5) is 0 Å². The van der Waals surface area contributed by atoms with E-state index in [0.29, 0.717) is 51.5 Å². The standard InChI is InChI=1S/C21H23ClN2O3/c1-5-27-20(25)17-12(2)23-15-10-21(3,4)11-16(24-26)19(15)18(17)13-8-6-7-9-14(13)22/h6-9,26H,5,10-11H2,1-4H3/b24-16-. The van der Waals surface area contributed by atoms with Crippen molar-refractivity contribution in [3.05, 3.63) is 51.8 Å². The van der Waals surface area contributed by atoms with Crippen molar-refractivity contribution in [3.63, 3.8) is 0 Å². The molecule has 6 heteroatoms. The van der Waals surface area contributed by atoms with Crippen molar-refractivity contribution in [2.45, 2.75) is 40.5 Å². The maximum atomic E-state index is 12.8. The summed E-state index contributed by atoms with van der Waals surface area (Å²) in [6.07, 6.45) is 1.28. The summed E-state index contributed by atoms with van der Waals surface area (Å²) in [6.45, 7) is 8.02. The van der Waals surface area contributed by atoms with Crippen LogP contribution < -0.4 is 0 Å². The zero-order valence-corrected chi connectivity index (χ0v) is 16.7. The maximum Gasteiger partial charge on any atom is 0.340 e. The van der Waals surface area contributed by atoms with Gasteiger partial charge in [0.25, 0.3) is 0 Å². The molecule has 1 N–H and O–H groups in total. The van der Waals surface area contributed by atoms with Crippen molar-refractivity contribution in [3.8, 4) is 11.1 Å². The van der Waals surface area contributed by atoms with Crippen molar-refractivity contribution in [2.24, 2.45) is 10.6 Å². The normalized spacial score (nSPS) is 16.9. The first kappa shape index (κ1) is 19.4. The van der Waals surface area contributed by atoms with Gasteiger partial charge in [-0.2, -0.15) is 0 Å². The number of nitrogens with zero attached hydrogens (tertiary/aromatic N) is 2. The minimum atomic E-state index is -0.456. The summed E-state index contributed by atoms with van der Waals surface area (Å²) in [5.41, 5.74) is 4.17. The van der Waals surface area contributed by atoms with Crippen LogP contribution in [0.5, 0.6) is 0 Å². The molecule has 5 nitrogen and oxygen atoms in total. The Bertz CT molecular complexity index is 935. The largest absolute Gasteiger partial charge is 0.462 e. The summed E-state index contributed by atoms with van der Waals surface area (Å²) in [7, 11) is 0. The Balaban J connectivity index is 2.42. The fraction of sp³-hybridized carbons (Fsp3) is 0.381. The minimum absolute atomic E-state index is 0.100. The predicted molar refractivity (Wildman–Crippen MR) is 106 cm³/mol. The van der Waals surface area contributed by atoms with Gasteiger partial charge in [0, 0.05) is 21.7 Å². The molecule has 0 aliphatic heterocycles. The van der Waals surface area contributed by atoms with Crippen LogP contribution in [0.25, 0.3) is 11.1 Å². The number of fused-ring (bicyclic) bond motifs is 1. The number of esters is 1. The molecule has 1 aromatic heterocycles. The van der Waals surface area contributed by atoms with Crippen LogP contribution in [-0.4, -0.2) is 28.5 Å². The van der Waals surface area contributed by atoms with E-state index in [2.05, 4.69) is 19.0 Å². The number of aromatic nitrogens is 1. The molecule has 1 aromatic carbocycles. The van der Waals surface area contributed by atoms with Crippen LogP contribution in [0.1, 0.15) is 54.5 Å². The quantitative estimate of drug-likeness (QED) is 0.455. The molecule has 1 aliphatic carbocycles. The molecule has 3 rings (SSSR count). The van der Waals surface area contributed by atoms with Gasteiger partial charge in [-0.15, -0.1) is 0 Å². The van der Waals surface area contributed by atoms with Crippen molar-refractivity contribution in [1.82, 2.24) is 4.98 Å². The molecule has 0 spiro atoms. The molecule has 0 unspecified atom stereocenters. The highest BCUT2D eigenvalue weighted by atomic mass is 35.5. The van der Waals surface area contributed by atoms with Crippen molar-refractivity contribution in [2.75, 3.05) is 6.61 Å². The molecule has 0 saturated carbocycles. The third kappa shape index (κ3) is 3.56. The Morgan fingerprint density at radius 2 is 2.00 bits per heavy atom. The highest BCUT2D eigenvalue weighted by Crippen LogP contribution is 2.42. The van der Waals surface area contributed by atoms with Gasteiger partial charge in [0.2, 0.25) is 0 Å². The summed E-state index contributed by atoms with van der Waals surface area (Å²) in [6, 6.07) is 7.33. The second kappa shape index (κ2) is 7.31. The van der Waals surface area contributed by atoms with Crippen LogP contribution >= 0.6 is 11.6 Å². The fourth-order valence-corrected chi connectivity index (χ4v) is 3.96. The minimum Gasteiger partial charge on any atom is -0.462 e. The van der Waals surface area contributed by atoms with Gasteiger partial charge in [-0.1, -0.05) is 48.8 Å². The number of rotatable bonds is 3. The summed E-state index contributed by atoms with van der Waals surface area (Å²) in [4.78, 5) is 17.5. The lowest BCUT2D eigenvalue weighted by molar-refractivity contribution is 0.0526. The van der Waals surface area contributed by atoms with Crippen LogP contribution in [0.3, 0.4) is 0 Å². The van der Waals surface area contributed by atoms with E-state index in [9.17, 15) is 10.0 Å². The lowest BCUT2D eigenvalue weighted by atomic mass is 9.73. The average molecular weight is 387 g/mol. The predicted octanol–water partition coefficient (Wildman–Crippen LogP) is 5.04. The highest BCUT2D eigenvalue weighted by Gasteiger charge is 2.36. The van der Waals surface area contributed by atoms with E-state index in [4.69, 9.17) is 21.3 Å². The van der Waals surface area contributed by atoms with Crippen LogP contribution in [-0.2, 0) is 11.2 Å². The summed E-state index contributed by atoms with van der Waals surface area (Å²) < 4.78 is 5.29. The molecule has 1 aliphatic rings. The van der Waals surface area contributed by atoms with Gasteiger partial charge < -0.3 is 9.94 Å². The molecular formula is C21H23ClN2O3. The van der Waals surface area contributed by atoms with Gasteiger partial charge in [-0.05, 0) is 38.2 Å². The monoisotopic (exact) mass is 386 g/mol. The van der Waals surface area contributed by atoms with E-state index in [1.165, 1.54) is 0 Å². The van der Waals surface area contributed by atoms with Gasteiger partial charge in [-0.3, -0.25) is 4.98 Å². The maximum absolute atomic E-state index is 12.8. The summed E-state index contributed by atoms with van der Waals surface area (Å²) in [5, 5.41) is 13.8. The van der Waals surface area contributed by atoms with Gasteiger partial charge in [0.1, 0.15) is 0 Å². The molecule has 0 atom stereocenters. The lowest BCUT2D eigenvalue weighted by Crippen LogP contribution is -2.30. The van der Waals surface area contributed by atoms with Crippen LogP contribution in [0.2, 0.25) is 5.02 Å². The Morgan fingerprint density at radius 1 is 1.30 bits per heavy atom. The third-order valence-electron chi connectivity index (χ3n) is 4.78. The number of aryl methyl sites for hydroxylation is 1. The number of carbonyl (C=O) groups excluding carboxylic acids is 1. The smallest absolute Gasteiger partial charge is 0.340 e. The molecule has 0 amide bonds. The first-order valence-corrected chi connectivity index (χ1v) is 9.33. The van der Waals surface area contributed by atoms with E-state index in [1.807, 2.05) is 18.2 Å². The molecule has 0 bridgehead atoms. The molecule has 0 fully saturated rings. The number of carbonyl (C=O) groups is 1. The number of halogens is 1. The fourth-order valence-electron chi connectivity index (χ4n) is 3.73. The first-order valence-electron chi connectivity index (χ1n) is 8.96. The highest BCUT2D eigenvalue weighted by molar-refractivity contribution is 6.34. The zero-order chi connectivity index (χ0) is 19.8. The molecule has 142 valence electrons. The summed E-state index contributed by atoms with van der Waals surface area (Å²) in [5.74, 6) is -0.456. The van der Waals surface area contributed by atoms with Gasteiger partial charge in [-0.25, -0.2) is 4.79 Å². The number of hydrogen-bond acceptors (Lipinski definition) is 5. The Hall–Kier alpha value is -2.40. The van der Waals surface area contributed by atoms with Crippen LogP contribution in [0, 0.1) is 12.3 Å². The second-order valence-electron chi connectivity index (χ2n) is 7.53. The van der Waals surface area contributed by atoms with Crippen molar-refractivity contribution in [1.29, 1.82) is 0 Å². The topological polar surface area (TPSA) is 71.8 Å². The van der Waals surface area contributed by atoms with Crippen molar-refractivity contribution >= 4 is 23.3 Å². The van der Waals surface area contributed by atoms with Crippen molar-refractivity contribution < 1.29 is 14.7 Å². The number of pyridine rings is 1. The Labute approximate surface area is 164 Å². The number of benzene rings is 1. The van der Waals surface area contributed by atoms with Gasteiger partial charge in [0.15, 0.2) is 0 Å². The molecular weight excluding hydrogens is 364 g/mol. The lowest BCUT2D eigenvalue weighted by Gasteiger charge is -2.33. The average Bonchev–Trinajstić information content (AvgIpc) is 2.59. The third-order valence-corrected chi connectivity index (χ3v) is 5.11. The van der Waals surface area contributed by atoms with Gasteiger partial charge in [0.05, 0.1) is 29.3 Å². The van der Waals surface area contributed by atoms with E-state index in [1.54, 1.807) is 19.9 Å². The molecule has 0 radical (unpaired) electrons.